The van der Waals surface area contributed by atoms with Crippen LogP contribution in [-0.2, 0) is 11.2 Å². The molecule has 1 fully saturated rings. The van der Waals surface area contributed by atoms with E-state index in [-0.39, 0.29) is 17.9 Å². The van der Waals surface area contributed by atoms with E-state index in [4.69, 9.17) is 5.73 Å². The Morgan fingerprint density at radius 2 is 2.05 bits per heavy atom. The third-order valence-electron chi connectivity index (χ3n) is 3.84. The average molecular weight is 262 g/mol. The number of nitrogens with two attached hydrogens (primary N) is 1. The van der Waals surface area contributed by atoms with E-state index >= 15 is 0 Å². The first-order chi connectivity index (χ1) is 9.16. The molecule has 4 nitrogen and oxygen atoms in total. The van der Waals surface area contributed by atoms with Crippen molar-refractivity contribution in [2.75, 3.05) is 12.3 Å². The number of nitrogens with one attached hydrogen (secondary N) is 1. The maximum absolute atomic E-state index is 11.9. The lowest BCUT2D eigenvalue weighted by Gasteiger charge is -2.27. The number of anilines is 1. The molecule has 0 aromatic heterocycles. The standard InChI is InChI=1S/C15H22N2O2/c16-13-7-3-1-5-11(13)9-15(19)17-10-12-6-2-4-8-14(12)18/h1,3,5,7,12,14,18H,2,4,6,8-10,16H2,(H,17,19). The van der Waals surface area contributed by atoms with Crippen molar-refractivity contribution in [3.63, 3.8) is 0 Å². The van der Waals surface area contributed by atoms with Crippen LogP contribution >= 0.6 is 0 Å². The van der Waals surface area contributed by atoms with Crippen LogP contribution in [0.2, 0.25) is 0 Å². The van der Waals surface area contributed by atoms with Gasteiger partial charge in [0.05, 0.1) is 12.5 Å². The van der Waals surface area contributed by atoms with Crippen LogP contribution < -0.4 is 11.1 Å². The normalized spacial score (nSPS) is 23.0. The van der Waals surface area contributed by atoms with Crippen molar-refractivity contribution in [2.45, 2.75) is 38.2 Å². The van der Waals surface area contributed by atoms with E-state index in [1.165, 1.54) is 0 Å². The summed E-state index contributed by atoms with van der Waals surface area (Å²) in [5.74, 6) is 0.168. The van der Waals surface area contributed by atoms with E-state index in [0.717, 1.165) is 31.2 Å². The lowest BCUT2D eigenvalue weighted by atomic mass is 9.86. The molecule has 0 aliphatic heterocycles. The molecular weight excluding hydrogens is 240 g/mol. The summed E-state index contributed by atoms with van der Waals surface area (Å²) in [5, 5.41) is 12.7. The van der Waals surface area contributed by atoms with Gasteiger partial charge in [-0.3, -0.25) is 4.79 Å². The van der Waals surface area contributed by atoms with Gasteiger partial charge < -0.3 is 16.2 Å². The number of amides is 1. The zero-order valence-corrected chi connectivity index (χ0v) is 11.1. The first kappa shape index (κ1) is 13.9. The number of benzene rings is 1. The predicted molar refractivity (Wildman–Crippen MR) is 75.5 cm³/mol. The van der Waals surface area contributed by atoms with Gasteiger partial charge in [0.15, 0.2) is 0 Å². The highest BCUT2D eigenvalue weighted by molar-refractivity contribution is 5.80. The molecule has 19 heavy (non-hydrogen) atoms. The number of hydrogen-bond acceptors (Lipinski definition) is 3. The largest absolute Gasteiger partial charge is 0.398 e. The van der Waals surface area contributed by atoms with Gasteiger partial charge in [-0.1, -0.05) is 31.0 Å². The fourth-order valence-electron chi connectivity index (χ4n) is 2.60. The monoisotopic (exact) mass is 262 g/mol. The lowest BCUT2D eigenvalue weighted by molar-refractivity contribution is -0.120. The van der Waals surface area contributed by atoms with Gasteiger partial charge in [0, 0.05) is 18.2 Å². The number of aliphatic hydroxyl groups excluding tert-OH is 1. The fourth-order valence-corrected chi connectivity index (χ4v) is 2.60. The Hall–Kier alpha value is -1.55. The van der Waals surface area contributed by atoms with E-state index in [1.807, 2.05) is 18.2 Å². The van der Waals surface area contributed by atoms with Crippen LogP contribution in [0.1, 0.15) is 31.2 Å². The maximum atomic E-state index is 11.9. The number of carbonyl (C=O) groups is 1. The van der Waals surface area contributed by atoms with Crippen LogP contribution in [0.3, 0.4) is 0 Å². The van der Waals surface area contributed by atoms with Crippen LogP contribution in [0.15, 0.2) is 24.3 Å². The summed E-state index contributed by atoms with van der Waals surface area (Å²) >= 11 is 0. The van der Waals surface area contributed by atoms with E-state index in [9.17, 15) is 9.90 Å². The van der Waals surface area contributed by atoms with Crippen molar-refractivity contribution in [1.82, 2.24) is 5.32 Å². The minimum absolute atomic E-state index is 0.0318. The Morgan fingerprint density at radius 1 is 1.32 bits per heavy atom. The summed E-state index contributed by atoms with van der Waals surface area (Å²) in [6.07, 6.45) is 4.11. The van der Waals surface area contributed by atoms with Crippen molar-refractivity contribution in [1.29, 1.82) is 0 Å². The molecule has 0 heterocycles. The number of hydrogen-bond donors (Lipinski definition) is 3. The van der Waals surface area contributed by atoms with E-state index in [2.05, 4.69) is 5.32 Å². The molecule has 2 atom stereocenters. The second-order valence-electron chi connectivity index (χ2n) is 5.29. The van der Waals surface area contributed by atoms with Gasteiger partial charge >= 0.3 is 0 Å². The minimum Gasteiger partial charge on any atom is -0.398 e. The molecule has 0 radical (unpaired) electrons. The van der Waals surface area contributed by atoms with Crippen molar-refractivity contribution < 1.29 is 9.90 Å². The summed E-state index contributed by atoms with van der Waals surface area (Å²) in [6, 6.07) is 7.40. The molecule has 1 aliphatic rings. The molecule has 1 aliphatic carbocycles. The van der Waals surface area contributed by atoms with Crippen LogP contribution in [0.4, 0.5) is 5.69 Å². The van der Waals surface area contributed by atoms with Gasteiger partial charge in [-0.25, -0.2) is 0 Å². The summed E-state index contributed by atoms with van der Waals surface area (Å²) in [5.41, 5.74) is 7.31. The highest BCUT2D eigenvalue weighted by atomic mass is 16.3. The van der Waals surface area contributed by atoms with Crippen molar-refractivity contribution in [2.24, 2.45) is 5.92 Å². The number of rotatable bonds is 4. The smallest absolute Gasteiger partial charge is 0.224 e. The fraction of sp³-hybridized carbons (Fsp3) is 0.533. The maximum Gasteiger partial charge on any atom is 0.224 e. The third-order valence-corrected chi connectivity index (χ3v) is 3.84. The number of nitrogen functional groups attached to an aromatic ring is 1. The topological polar surface area (TPSA) is 75.4 Å². The zero-order chi connectivity index (χ0) is 13.7. The molecule has 0 saturated heterocycles. The average Bonchev–Trinajstić information content (AvgIpc) is 2.40. The second kappa shape index (κ2) is 6.57. The van der Waals surface area contributed by atoms with Crippen molar-refractivity contribution in [3.8, 4) is 0 Å². The first-order valence-electron chi connectivity index (χ1n) is 6.95. The molecule has 104 valence electrons. The van der Waals surface area contributed by atoms with Gasteiger partial charge in [-0.05, 0) is 24.5 Å². The molecule has 4 N–H and O–H groups in total. The lowest BCUT2D eigenvalue weighted by Crippen LogP contribution is -2.37. The summed E-state index contributed by atoms with van der Waals surface area (Å²) in [6.45, 7) is 0.562. The Balaban J connectivity index is 1.80. The zero-order valence-electron chi connectivity index (χ0n) is 11.1. The Bertz CT molecular complexity index is 434. The number of para-hydroxylation sites is 1. The Morgan fingerprint density at radius 3 is 2.79 bits per heavy atom. The van der Waals surface area contributed by atoms with Gasteiger partial charge in [-0.2, -0.15) is 0 Å². The summed E-state index contributed by atoms with van der Waals surface area (Å²) in [4.78, 5) is 11.9. The van der Waals surface area contributed by atoms with Crippen LogP contribution in [0.25, 0.3) is 0 Å². The minimum atomic E-state index is -0.268. The number of carbonyl (C=O) groups excluding carboxylic acids is 1. The van der Waals surface area contributed by atoms with E-state index in [1.54, 1.807) is 6.07 Å². The van der Waals surface area contributed by atoms with Crippen molar-refractivity contribution >= 4 is 11.6 Å². The highest BCUT2D eigenvalue weighted by Gasteiger charge is 2.23. The molecule has 1 aromatic rings. The molecule has 1 amide bonds. The van der Waals surface area contributed by atoms with E-state index in [0.29, 0.717) is 18.7 Å². The Labute approximate surface area is 114 Å². The summed E-state index contributed by atoms with van der Waals surface area (Å²) < 4.78 is 0. The third kappa shape index (κ3) is 3.96. The molecule has 1 aromatic carbocycles. The molecule has 1 saturated carbocycles. The number of aliphatic hydroxyl groups is 1. The van der Waals surface area contributed by atoms with Crippen LogP contribution in [0.5, 0.6) is 0 Å². The summed E-state index contributed by atoms with van der Waals surface area (Å²) in [7, 11) is 0. The predicted octanol–water partition coefficient (Wildman–Crippen LogP) is 1.48. The van der Waals surface area contributed by atoms with Gasteiger partial charge in [0.25, 0.3) is 0 Å². The van der Waals surface area contributed by atoms with Gasteiger partial charge in [0.2, 0.25) is 5.91 Å². The van der Waals surface area contributed by atoms with E-state index < -0.39 is 0 Å². The first-order valence-corrected chi connectivity index (χ1v) is 6.95. The molecule has 2 rings (SSSR count). The van der Waals surface area contributed by atoms with Crippen LogP contribution in [0, 0.1) is 5.92 Å². The van der Waals surface area contributed by atoms with Gasteiger partial charge in [0.1, 0.15) is 0 Å². The Kier molecular flexibility index (Phi) is 4.80. The molecule has 0 bridgehead atoms. The SMILES string of the molecule is Nc1ccccc1CC(=O)NCC1CCCCC1O. The van der Waals surface area contributed by atoms with Gasteiger partial charge in [-0.15, -0.1) is 0 Å². The highest BCUT2D eigenvalue weighted by Crippen LogP contribution is 2.23. The van der Waals surface area contributed by atoms with Crippen molar-refractivity contribution in [3.05, 3.63) is 29.8 Å². The molecule has 0 spiro atoms. The molecule has 4 heteroatoms. The second-order valence-corrected chi connectivity index (χ2v) is 5.29. The molecular formula is C15H22N2O2. The quantitative estimate of drug-likeness (QED) is 0.719. The molecule has 2 unspecified atom stereocenters. The van der Waals surface area contributed by atoms with Crippen LogP contribution in [-0.4, -0.2) is 23.7 Å².